The lowest BCUT2D eigenvalue weighted by Crippen LogP contribution is -2.65. The zero-order chi connectivity index (χ0) is 18.1. The van der Waals surface area contributed by atoms with Gasteiger partial charge in [-0.05, 0) is 62.7 Å². The SMILES string of the molecule is NC1(C(=O)N2C[C@@H](c3cccc(F)c3F)[C@@H]3[C@H]2C2CCN3CC2)CCC1. The summed E-state index contributed by atoms with van der Waals surface area (Å²) in [6, 6.07) is 4.56. The molecule has 6 heteroatoms. The summed E-state index contributed by atoms with van der Waals surface area (Å²) in [5.74, 6) is -1.30. The standard InChI is InChI=1S/C20H25F2N3O/c21-15-4-1-3-13(16(15)22)14-11-25(19(26)20(23)7-2-8-20)17-12-5-9-24(10-6-12)18(14)17/h1,3-4,12,14,17-18H,2,5-11,23H2/t14-,17+,18+/m0/s1. The van der Waals surface area contributed by atoms with Crippen molar-refractivity contribution < 1.29 is 13.6 Å². The van der Waals surface area contributed by atoms with Gasteiger partial charge < -0.3 is 10.6 Å². The maximum Gasteiger partial charge on any atom is 0.242 e. The van der Waals surface area contributed by atoms with E-state index in [1.165, 1.54) is 0 Å². The molecule has 4 aliphatic heterocycles. The number of nitrogens with two attached hydrogens (primary N) is 1. The molecule has 1 aromatic rings. The van der Waals surface area contributed by atoms with E-state index in [9.17, 15) is 13.6 Å². The van der Waals surface area contributed by atoms with E-state index in [0.29, 0.717) is 18.0 Å². The van der Waals surface area contributed by atoms with Gasteiger partial charge >= 0.3 is 0 Å². The highest BCUT2D eigenvalue weighted by molar-refractivity contribution is 5.88. The summed E-state index contributed by atoms with van der Waals surface area (Å²) in [5.41, 5.74) is 6.01. The smallest absolute Gasteiger partial charge is 0.242 e. The topological polar surface area (TPSA) is 49.6 Å². The Morgan fingerprint density at radius 2 is 1.88 bits per heavy atom. The second-order valence-electron chi connectivity index (χ2n) is 8.57. The van der Waals surface area contributed by atoms with Crippen LogP contribution in [0.2, 0.25) is 0 Å². The first kappa shape index (κ1) is 16.6. The molecule has 0 unspecified atom stereocenters. The molecule has 4 heterocycles. The van der Waals surface area contributed by atoms with E-state index in [0.717, 1.165) is 51.3 Å². The average molecular weight is 361 g/mol. The van der Waals surface area contributed by atoms with Crippen molar-refractivity contribution in [3.63, 3.8) is 0 Å². The third kappa shape index (κ3) is 2.21. The molecular formula is C20H25F2N3O. The molecule has 1 aromatic carbocycles. The minimum absolute atomic E-state index is 0.0202. The lowest BCUT2D eigenvalue weighted by Gasteiger charge is -2.52. The minimum atomic E-state index is -0.811. The Morgan fingerprint density at radius 1 is 1.15 bits per heavy atom. The highest BCUT2D eigenvalue weighted by atomic mass is 19.2. The number of likely N-dealkylation sites (tertiary alicyclic amines) is 1. The molecule has 3 atom stereocenters. The Bertz CT molecular complexity index is 743. The third-order valence-electron chi connectivity index (χ3n) is 7.31. The van der Waals surface area contributed by atoms with Crippen molar-refractivity contribution in [3.8, 4) is 0 Å². The van der Waals surface area contributed by atoms with Gasteiger partial charge in [0.2, 0.25) is 5.91 Å². The normalized spacial score (nSPS) is 37.3. The zero-order valence-electron chi connectivity index (χ0n) is 14.8. The van der Waals surface area contributed by atoms with Crippen LogP contribution in [0.5, 0.6) is 0 Å². The number of fused-ring (bicyclic) bond motifs is 2. The summed E-state index contributed by atoms with van der Waals surface area (Å²) in [5, 5.41) is 0. The number of piperidine rings is 3. The number of nitrogens with zero attached hydrogens (tertiary/aromatic N) is 2. The van der Waals surface area contributed by atoms with E-state index in [2.05, 4.69) is 4.90 Å². The molecule has 0 aromatic heterocycles. The van der Waals surface area contributed by atoms with Crippen molar-refractivity contribution in [2.45, 2.75) is 55.6 Å². The highest BCUT2D eigenvalue weighted by Crippen LogP contribution is 2.48. The summed E-state index contributed by atoms with van der Waals surface area (Å²) in [6.07, 6.45) is 4.59. The second-order valence-corrected chi connectivity index (χ2v) is 8.57. The van der Waals surface area contributed by atoms with Gasteiger partial charge in [-0.25, -0.2) is 8.78 Å². The van der Waals surface area contributed by atoms with Gasteiger partial charge in [-0.1, -0.05) is 12.1 Å². The molecule has 4 saturated heterocycles. The number of amides is 1. The highest BCUT2D eigenvalue weighted by Gasteiger charge is 2.57. The minimum Gasteiger partial charge on any atom is -0.336 e. The molecule has 4 nitrogen and oxygen atoms in total. The molecular weight excluding hydrogens is 336 g/mol. The predicted molar refractivity (Wildman–Crippen MR) is 93.5 cm³/mol. The van der Waals surface area contributed by atoms with Crippen LogP contribution in [0.4, 0.5) is 8.78 Å². The molecule has 26 heavy (non-hydrogen) atoms. The quantitative estimate of drug-likeness (QED) is 0.879. The largest absolute Gasteiger partial charge is 0.336 e. The number of hydrogen-bond donors (Lipinski definition) is 1. The molecule has 5 fully saturated rings. The van der Waals surface area contributed by atoms with Crippen molar-refractivity contribution in [1.29, 1.82) is 0 Å². The fourth-order valence-electron chi connectivity index (χ4n) is 5.79. The summed E-state index contributed by atoms with van der Waals surface area (Å²) in [6.45, 7) is 2.41. The van der Waals surface area contributed by atoms with Crippen molar-refractivity contribution in [2.24, 2.45) is 11.7 Å². The molecule has 2 N–H and O–H groups in total. The van der Waals surface area contributed by atoms with E-state index in [1.54, 1.807) is 12.1 Å². The van der Waals surface area contributed by atoms with E-state index >= 15 is 0 Å². The van der Waals surface area contributed by atoms with Crippen LogP contribution in [-0.2, 0) is 4.79 Å². The maximum absolute atomic E-state index is 14.6. The molecule has 0 radical (unpaired) electrons. The lowest BCUT2D eigenvalue weighted by atomic mass is 9.74. The number of benzene rings is 1. The Kier molecular flexibility index (Phi) is 3.67. The third-order valence-corrected chi connectivity index (χ3v) is 7.31. The Labute approximate surface area is 152 Å². The van der Waals surface area contributed by atoms with Crippen LogP contribution in [0.3, 0.4) is 0 Å². The van der Waals surface area contributed by atoms with Crippen molar-refractivity contribution in [3.05, 3.63) is 35.4 Å². The van der Waals surface area contributed by atoms with Crippen LogP contribution < -0.4 is 5.73 Å². The fourth-order valence-corrected chi connectivity index (χ4v) is 5.79. The van der Waals surface area contributed by atoms with Crippen LogP contribution >= 0.6 is 0 Å². The van der Waals surface area contributed by atoms with Crippen LogP contribution in [0.15, 0.2) is 18.2 Å². The fraction of sp³-hybridized carbons (Fsp3) is 0.650. The van der Waals surface area contributed by atoms with E-state index < -0.39 is 17.2 Å². The molecule has 2 bridgehead atoms. The van der Waals surface area contributed by atoms with Crippen LogP contribution in [-0.4, -0.2) is 53.0 Å². The van der Waals surface area contributed by atoms with Gasteiger partial charge in [0.25, 0.3) is 0 Å². The van der Waals surface area contributed by atoms with E-state index in [1.807, 2.05) is 4.90 Å². The summed E-state index contributed by atoms with van der Waals surface area (Å²) >= 11 is 0. The number of halogens is 2. The van der Waals surface area contributed by atoms with E-state index in [4.69, 9.17) is 5.73 Å². The molecule has 6 rings (SSSR count). The molecule has 1 saturated carbocycles. The summed E-state index contributed by atoms with van der Waals surface area (Å²) in [4.78, 5) is 17.5. The van der Waals surface area contributed by atoms with Gasteiger partial charge in [0.1, 0.15) is 0 Å². The first-order chi connectivity index (χ1) is 12.5. The Hall–Kier alpha value is -1.53. The van der Waals surface area contributed by atoms with Crippen molar-refractivity contribution >= 4 is 5.91 Å². The zero-order valence-corrected chi connectivity index (χ0v) is 14.8. The lowest BCUT2D eigenvalue weighted by molar-refractivity contribution is -0.145. The Morgan fingerprint density at radius 3 is 2.54 bits per heavy atom. The number of carbonyl (C=O) groups is 1. The first-order valence-corrected chi connectivity index (χ1v) is 9.77. The van der Waals surface area contributed by atoms with Crippen LogP contribution in [0, 0.1) is 17.6 Å². The number of rotatable bonds is 2. The number of hydrogen-bond acceptors (Lipinski definition) is 3. The van der Waals surface area contributed by atoms with Crippen LogP contribution in [0.1, 0.15) is 43.6 Å². The van der Waals surface area contributed by atoms with Gasteiger partial charge in [0.05, 0.1) is 11.6 Å². The predicted octanol–water partition coefficient (Wildman–Crippen LogP) is 2.23. The monoisotopic (exact) mass is 361 g/mol. The molecule has 1 aliphatic carbocycles. The summed E-state index contributed by atoms with van der Waals surface area (Å²) < 4.78 is 28.4. The second kappa shape index (κ2) is 5.73. The molecule has 140 valence electrons. The Balaban J connectivity index is 1.54. The first-order valence-electron chi connectivity index (χ1n) is 9.77. The van der Waals surface area contributed by atoms with Gasteiger partial charge in [0, 0.05) is 18.5 Å². The van der Waals surface area contributed by atoms with Crippen molar-refractivity contribution in [1.82, 2.24) is 9.80 Å². The van der Waals surface area contributed by atoms with Gasteiger partial charge in [-0.15, -0.1) is 0 Å². The van der Waals surface area contributed by atoms with Gasteiger partial charge in [-0.2, -0.15) is 0 Å². The van der Waals surface area contributed by atoms with E-state index in [-0.39, 0.29) is 23.9 Å². The van der Waals surface area contributed by atoms with Gasteiger partial charge in [0.15, 0.2) is 11.6 Å². The molecule has 0 spiro atoms. The maximum atomic E-state index is 14.6. The molecule has 5 aliphatic rings. The summed E-state index contributed by atoms with van der Waals surface area (Å²) in [7, 11) is 0. The van der Waals surface area contributed by atoms with Crippen LogP contribution in [0.25, 0.3) is 0 Å². The van der Waals surface area contributed by atoms with Gasteiger partial charge in [-0.3, -0.25) is 9.69 Å². The molecule has 1 amide bonds. The number of carbonyl (C=O) groups excluding carboxylic acids is 1. The average Bonchev–Trinajstić information content (AvgIpc) is 3.05. The van der Waals surface area contributed by atoms with Crippen molar-refractivity contribution in [2.75, 3.05) is 19.6 Å².